The Balaban J connectivity index is 2.06. The molecule has 0 aromatic carbocycles. The second-order valence-electron chi connectivity index (χ2n) is 4.88. The Hall–Kier alpha value is -0.610. The molecule has 4 nitrogen and oxygen atoms in total. The number of carbonyl (C=O) groups excluding carboxylic acids is 1. The first-order valence-electron chi connectivity index (χ1n) is 6.98. The van der Waals surface area contributed by atoms with Gasteiger partial charge in [-0.2, -0.15) is 0 Å². The molecular weight excluding hydrogens is 214 g/mol. The number of hydrogen-bond donors (Lipinski definition) is 2. The third kappa shape index (κ3) is 6.03. The summed E-state index contributed by atoms with van der Waals surface area (Å²) in [4.78, 5) is 14.1. The van der Waals surface area contributed by atoms with Crippen LogP contribution in [0.3, 0.4) is 0 Å². The number of nitrogens with zero attached hydrogens (tertiary/aromatic N) is 1. The third-order valence-electron chi connectivity index (χ3n) is 3.51. The zero-order valence-electron chi connectivity index (χ0n) is 11.1. The number of unbranched alkanes of at least 4 members (excludes halogenated alkanes) is 2. The highest BCUT2D eigenvalue weighted by Crippen LogP contribution is 2.10. The van der Waals surface area contributed by atoms with E-state index >= 15 is 0 Å². The zero-order valence-corrected chi connectivity index (χ0v) is 11.1. The number of piperidine rings is 1. The number of rotatable bonds is 7. The van der Waals surface area contributed by atoms with Crippen LogP contribution in [-0.2, 0) is 4.79 Å². The summed E-state index contributed by atoms with van der Waals surface area (Å²) < 4.78 is 0. The molecule has 0 radical (unpaired) electrons. The van der Waals surface area contributed by atoms with Crippen LogP contribution in [0, 0.1) is 0 Å². The van der Waals surface area contributed by atoms with Gasteiger partial charge < -0.3 is 16.0 Å². The monoisotopic (exact) mass is 241 g/mol. The minimum absolute atomic E-state index is 0.219. The largest absolute Gasteiger partial charge is 0.353 e. The summed E-state index contributed by atoms with van der Waals surface area (Å²) >= 11 is 0. The van der Waals surface area contributed by atoms with Crippen molar-refractivity contribution in [2.75, 3.05) is 26.2 Å². The molecule has 17 heavy (non-hydrogen) atoms. The van der Waals surface area contributed by atoms with Gasteiger partial charge in [0.2, 0.25) is 5.91 Å². The first kappa shape index (κ1) is 14.5. The summed E-state index contributed by atoms with van der Waals surface area (Å²) in [6.07, 6.45) is 5.93. The first-order valence-corrected chi connectivity index (χ1v) is 6.98. The molecule has 0 aliphatic carbocycles. The van der Waals surface area contributed by atoms with Crippen LogP contribution in [0.4, 0.5) is 0 Å². The Kier molecular flexibility index (Phi) is 7.21. The lowest BCUT2D eigenvalue weighted by atomic mass is 10.0. The number of nitrogens with two attached hydrogens (primary N) is 1. The van der Waals surface area contributed by atoms with Gasteiger partial charge in [-0.1, -0.05) is 13.3 Å². The van der Waals surface area contributed by atoms with Gasteiger partial charge in [-0.05, 0) is 38.8 Å². The van der Waals surface area contributed by atoms with E-state index < -0.39 is 0 Å². The van der Waals surface area contributed by atoms with Gasteiger partial charge in [0, 0.05) is 25.6 Å². The Labute approximate surface area is 105 Å². The van der Waals surface area contributed by atoms with Crippen LogP contribution < -0.4 is 11.1 Å². The van der Waals surface area contributed by atoms with Crippen molar-refractivity contribution in [2.24, 2.45) is 5.73 Å². The van der Waals surface area contributed by atoms with E-state index in [4.69, 9.17) is 5.73 Å². The topological polar surface area (TPSA) is 58.4 Å². The molecule has 1 saturated heterocycles. The molecule has 1 heterocycles. The molecule has 1 aliphatic heterocycles. The van der Waals surface area contributed by atoms with E-state index in [0.717, 1.165) is 58.3 Å². The Morgan fingerprint density at radius 2 is 2.00 bits per heavy atom. The van der Waals surface area contributed by atoms with E-state index in [0.29, 0.717) is 12.5 Å². The van der Waals surface area contributed by atoms with Gasteiger partial charge >= 0.3 is 0 Å². The molecule has 0 aromatic heterocycles. The van der Waals surface area contributed by atoms with Gasteiger partial charge in [-0.25, -0.2) is 0 Å². The lowest BCUT2D eigenvalue weighted by Gasteiger charge is -2.31. The molecule has 0 saturated carbocycles. The second-order valence-corrected chi connectivity index (χ2v) is 4.88. The molecule has 3 N–H and O–H groups in total. The van der Waals surface area contributed by atoms with E-state index in [1.165, 1.54) is 0 Å². The highest BCUT2D eigenvalue weighted by atomic mass is 16.1. The van der Waals surface area contributed by atoms with Crippen molar-refractivity contribution in [2.45, 2.75) is 51.5 Å². The van der Waals surface area contributed by atoms with E-state index in [9.17, 15) is 4.79 Å². The SMILES string of the molecule is CCN1CCC(NC(=O)CCCCCN)CC1. The van der Waals surface area contributed by atoms with Crippen LogP contribution in [0.5, 0.6) is 0 Å². The van der Waals surface area contributed by atoms with Gasteiger partial charge in [0.25, 0.3) is 0 Å². The fraction of sp³-hybridized carbons (Fsp3) is 0.923. The zero-order chi connectivity index (χ0) is 12.5. The maximum atomic E-state index is 11.7. The van der Waals surface area contributed by atoms with Crippen LogP contribution >= 0.6 is 0 Å². The molecule has 1 aliphatic rings. The van der Waals surface area contributed by atoms with Gasteiger partial charge in [-0.15, -0.1) is 0 Å². The number of nitrogens with one attached hydrogen (secondary N) is 1. The van der Waals surface area contributed by atoms with Crippen LogP contribution in [-0.4, -0.2) is 43.0 Å². The Morgan fingerprint density at radius 3 is 2.59 bits per heavy atom. The molecule has 0 bridgehead atoms. The quantitative estimate of drug-likeness (QED) is 0.656. The fourth-order valence-electron chi connectivity index (χ4n) is 2.30. The molecule has 1 amide bonds. The molecule has 0 atom stereocenters. The normalized spacial score (nSPS) is 18.2. The average Bonchev–Trinajstić information content (AvgIpc) is 2.36. The van der Waals surface area contributed by atoms with E-state index in [1.54, 1.807) is 0 Å². The predicted molar refractivity (Wildman–Crippen MR) is 70.8 cm³/mol. The molecule has 1 rings (SSSR count). The van der Waals surface area contributed by atoms with Crippen molar-refractivity contribution in [1.82, 2.24) is 10.2 Å². The summed E-state index contributed by atoms with van der Waals surface area (Å²) in [6.45, 7) is 6.29. The smallest absolute Gasteiger partial charge is 0.220 e. The second kappa shape index (κ2) is 8.48. The first-order chi connectivity index (χ1) is 8.26. The molecule has 0 spiro atoms. The number of amides is 1. The van der Waals surface area contributed by atoms with Crippen LogP contribution in [0.15, 0.2) is 0 Å². The van der Waals surface area contributed by atoms with Gasteiger partial charge in [0.15, 0.2) is 0 Å². The van der Waals surface area contributed by atoms with Gasteiger partial charge in [0.1, 0.15) is 0 Å². The maximum Gasteiger partial charge on any atom is 0.220 e. The molecule has 100 valence electrons. The van der Waals surface area contributed by atoms with E-state index in [2.05, 4.69) is 17.1 Å². The van der Waals surface area contributed by atoms with Gasteiger partial charge in [-0.3, -0.25) is 4.79 Å². The lowest BCUT2D eigenvalue weighted by molar-refractivity contribution is -0.122. The maximum absolute atomic E-state index is 11.7. The van der Waals surface area contributed by atoms with Crippen LogP contribution in [0.2, 0.25) is 0 Å². The van der Waals surface area contributed by atoms with Crippen LogP contribution in [0.1, 0.15) is 45.4 Å². The van der Waals surface area contributed by atoms with Crippen molar-refractivity contribution in [3.8, 4) is 0 Å². The molecule has 4 heteroatoms. The summed E-state index contributed by atoms with van der Waals surface area (Å²) in [5.41, 5.74) is 5.42. The van der Waals surface area contributed by atoms with Crippen molar-refractivity contribution in [3.05, 3.63) is 0 Å². The average molecular weight is 241 g/mol. The number of hydrogen-bond acceptors (Lipinski definition) is 3. The van der Waals surface area contributed by atoms with E-state index in [-0.39, 0.29) is 5.91 Å². The number of likely N-dealkylation sites (tertiary alicyclic amines) is 1. The Morgan fingerprint density at radius 1 is 1.29 bits per heavy atom. The minimum Gasteiger partial charge on any atom is -0.353 e. The van der Waals surface area contributed by atoms with Crippen molar-refractivity contribution >= 4 is 5.91 Å². The van der Waals surface area contributed by atoms with Gasteiger partial charge in [0.05, 0.1) is 0 Å². The molecule has 0 unspecified atom stereocenters. The lowest BCUT2D eigenvalue weighted by Crippen LogP contribution is -2.44. The summed E-state index contributed by atoms with van der Waals surface area (Å²) in [7, 11) is 0. The number of carbonyl (C=O) groups is 1. The van der Waals surface area contributed by atoms with E-state index in [1.807, 2.05) is 0 Å². The predicted octanol–water partition coefficient (Wildman–Crippen LogP) is 1.11. The van der Waals surface area contributed by atoms with Crippen molar-refractivity contribution in [3.63, 3.8) is 0 Å². The minimum atomic E-state index is 0.219. The summed E-state index contributed by atoms with van der Waals surface area (Å²) in [6, 6.07) is 0.403. The van der Waals surface area contributed by atoms with Crippen molar-refractivity contribution in [1.29, 1.82) is 0 Å². The standard InChI is InChI=1S/C13H27N3O/c1-2-16-10-7-12(8-11-16)15-13(17)6-4-3-5-9-14/h12H,2-11,14H2,1H3,(H,15,17). The van der Waals surface area contributed by atoms with Crippen LogP contribution in [0.25, 0.3) is 0 Å². The summed E-state index contributed by atoms with van der Waals surface area (Å²) in [5, 5.41) is 3.14. The fourth-order valence-corrected chi connectivity index (χ4v) is 2.30. The summed E-state index contributed by atoms with van der Waals surface area (Å²) in [5.74, 6) is 0.219. The molecule has 1 fully saturated rings. The Bertz CT molecular complexity index is 213. The third-order valence-corrected chi connectivity index (χ3v) is 3.51. The highest BCUT2D eigenvalue weighted by Gasteiger charge is 2.19. The molecule has 0 aromatic rings. The van der Waals surface area contributed by atoms with Crippen molar-refractivity contribution < 1.29 is 4.79 Å². The highest BCUT2D eigenvalue weighted by molar-refractivity contribution is 5.76. The molecular formula is C13H27N3O.